The van der Waals surface area contributed by atoms with Gasteiger partial charge in [-0.25, -0.2) is 0 Å². The first-order valence-corrected chi connectivity index (χ1v) is 5.32. The molecule has 0 spiro atoms. The second kappa shape index (κ2) is 8.06. The monoisotopic (exact) mass is 232 g/mol. The van der Waals surface area contributed by atoms with Gasteiger partial charge in [-0.1, -0.05) is 0 Å². The van der Waals surface area contributed by atoms with E-state index in [0.717, 1.165) is 0 Å². The Labute approximate surface area is 95.1 Å². The third-order valence-corrected chi connectivity index (χ3v) is 2.02. The minimum absolute atomic E-state index is 0.0705. The molecule has 0 bridgehead atoms. The highest BCUT2D eigenvalue weighted by Crippen LogP contribution is 1.95. The first-order valence-electron chi connectivity index (χ1n) is 5.32. The fourth-order valence-corrected chi connectivity index (χ4v) is 1.11. The molecule has 16 heavy (non-hydrogen) atoms. The van der Waals surface area contributed by atoms with Gasteiger partial charge < -0.3 is 20.9 Å². The van der Waals surface area contributed by atoms with Crippen molar-refractivity contribution in [2.24, 2.45) is 5.73 Å². The molecule has 1 amide bonds. The van der Waals surface area contributed by atoms with Gasteiger partial charge in [0.15, 0.2) is 0 Å². The van der Waals surface area contributed by atoms with Crippen LogP contribution in [0, 0.1) is 0 Å². The van der Waals surface area contributed by atoms with Crippen molar-refractivity contribution >= 4 is 11.9 Å². The minimum Gasteiger partial charge on any atom is -0.481 e. The van der Waals surface area contributed by atoms with Crippen molar-refractivity contribution < 1.29 is 19.4 Å². The van der Waals surface area contributed by atoms with E-state index in [1.807, 2.05) is 13.8 Å². The number of carbonyl (C=O) groups excluding carboxylic acids is 1. The predicted octanol–water partition coefficient (Wildman–Crippen LogP) is -0.280. The summed E-state index contributed by atoms with van der Waals surface area (Å²) < 4.78 is 5.13. The van der Waals surface area contributed by atoms with Crippen LogP contribution in [0.4, 0.5) is 0 Å². The molecule has 94 valence electrons. The first kappa shape index (κ1) is 14.9. The SMILES string of the molecule is CCOCCC(C)NC(=O)C(N)CC(=O)O. The topological polar surface area (TPSA) is 102 Å². The van der Waals surface area contributed by atoms with Gasteiger partial charge in [-0.2, -0.15) is 0 Å². The molecule has 0 rings (SSSR count). The Kier molecular flexibility index (Phi) is 7.49. The Balaban J connectivity index is 3.80. The van der Waals surface area contributed by atoms with Crippen molar-refractivity contribution in [2.45, 2.75) is 38.8 Å². The first-order chi connectivity index (χ1) is 7.47. The van der Waals surface area contributed by atoms with E-state index in [9.17, 15) is 9.59 Å². The summed E-state index contributed by atoms with van der Waals surface area (Å²) in [6.07, 6.45) is 0.323. The largest absolute Gasteiger partial charge is 0.481 e. The lowest BCUT2D eigenvalue weighted by molar-refractivity contribution is -0.139. The maximum Gasteiger partial charge on any atom is 0.305 e. The van der Waals surface area contributed by atoms with E-state index < -0.39 is 17.9 Å². The van der Waals surface area contributed by atoms with Crippen LogP contribution < -0.4 is 11.1 Å². The average molecular weight is 232 g/mol. The molecule has 2 unspecified atom stereocenters. The fourth-order valence-electron chi connectivity index (χ4n) is 1.11. The third kappa shape index (κ3) is 7.19. The standard InChI is InChI=1S/C10H20N2O4/c1-3-16-5-4-7(2)12-10(15)8(11)6-9(13)14/h7-8H,3-6,11H2,1-2H3,(H,12,15)(H,13,14). The Morgan fingerprint density at radius 3 is 2.62 bits per heavy atom. The van der Waals surface area contributed by atoms with Crippen molar-refractivity contribution in [3.63, 3.8) is 0 Å². The number of aliphatic carboxylic acids is 1. The van der Waals surface area contributed by atoms with Gasteiger partial charge in [0.25, 0.3) is 0 Å². The fraction of sp³-hybridized carbons (Fsp3) is 0.800. The number of nitrogens with two attached hydrogens (primary N) is 1. The van der Waals surface area contributed by atoms with Crippen LogP contribution in [0.5, 0.6) is 0 Å². The summed E-state index contributed by atoms with van der Waals surface area (Å²) in [5.74, 6) is -1.52. The minimum atomic E-state index is -1.08. The lowest BCUT2D eigenvalue weighted by atomic mass is 10.2. The molecular weight excluding hydrogens is 212 g/mol. The molecule has 0 radical (unpaired) electrons. The van der Waals surface area contributed by atoms with Crippen molar-refractivity contribution in [3.05, 3.63) is 0 Å². The Hall–Kier alpha value is -1.14. The van der Waals surface area contributed by atoms with Crippen LogP contribution in [0.1, 0.15) is 26.7 Å². The van der Waals surface area contributed by atoms with Gasteiger partial charge in [-0.15, -0.1) is 0 Å². The van der Waals surface area contributed by atoms with E-state index in [0.29, 0.717) is 19.6 Å². The van der Waals surface area contributed by atoms with Gasteiger partial charge in [0.2, 0.25) is 5.91 Å². The van der Waals surface area contributed by atoms with Crippen LogP contribution in [-0.4, -0.2) is 42.3 Å². The summed E-state index contributed by atoms with van der Waals surface area (Å²) in [6.45, 7) is 4.92. The molecule has 0 saturated heterocycles. The third-order valence-electron chi connectivity index (χ3n) is 2.02. The zero-order chi connectivity index (χ0) is 12.6. The summed E-state index contributed by atoms with van der Waals surface area (Å²) in [6, 6.07) is -1.06. The lowest BCUT2D eigenvalue weighted by Crippen LogP contribution is -2.45. The van der Waals surface area contributed by atoms with Gasteiger partial charge >= 0.3 is 5.97 Å². The van der Waals surface area contributed by atoms with Crippen LogP contribution >= 0.6 is 0 Å². The normalized spacial score (nSPS) is 14.2. The molecule has 0 aliphatic rings. The molecule has 6 heteroatoms. The summed E-state index contributed by atoms with van der Waals surface area (Å²) in [5, 5.41) is 11.1. The molecule has 0 aromatic rings. The van der Waals surface area contributed by atoms with Gasteiger partial charge in [0, 0.05) is 19.3 Å². The molecule has 0 aliphatic heterocycles. The molecule has 0 saturated carbocycles. The van der Waals surface area contributed by atoms with Gasteiger partial charge in [-0.05, 0) is 20.3 Å². The second-order valence-electron chi connectivity index (χ2n) is 3.60. The summed E-state index contributed by atoms with van der Waals surface area (Å²) in [4.78, 5) is 21.7. The molecule has 4 N–H and O–H groups in total. The molecule has 0 aromatic heterocycles. The molecule has 2 atom stereocenters. The predicted molar refractivity (Wildman–Crippen MR) is 58.9 cm³/mol. The number of hydrogen-bond donors (Lipinski definition) is 3. The van der Waals surface area contributed by atoms with Crippen LogP contribution in [0.25, 0.3) is 0 Å². The number of hydrogen-bond acceptors (Lipinski definition) is 4. The van der Waals surface area contributed by atoms with Crippen LogP contribution in [0.2, 0.25) is 0 Å². The smallest absolute Gasteiger partial charge is 0.305 e. The zero-order valence-electron chi connectivity index (χ0n) is 9.73. The molecule has 0 heterocycles. The van der Waals surface area contributed by atoms with E-state index >= 15 is 0 Å². The molecule has 0 aromatic carbocycles. The highest BCUT2D eigenvalue weighted by molar-refractivity contribution is 5.86. The Morgan fingerprint density at radius 2 is 2.12 bits per heavy atom. The lowest BCUT2D eigenvalue weighted by Gasteiger charge is -2.16. The Bertz CT molecular complexity index is 233. The highest BCUT2D eigenvalue weighted by Gasteiger charge is 2.18. The number of carbonyl (C=O) groups is 2. The average Bonchev–Trinajstić information content (AvgIpc) is 2.16. The van der Waals surface area contributed by atoms with E-state index in [1.165, 1.54) is 0 Å². The number of ether oxygens (including phenoxy) is 1. The molecule has 6 nitrogen and oxygen atoms in total. The number of carboxylic acids is 1. The summed E-state index contributed by atoms with van der Waals surface area (Å²) in [7, 11) is 0. The summed E-state index contributed by atoms with van der Waals surface area (Å²) >= 11 is 0. The van der Waals surface area contributed by atoms with Crippen molar-refractivity contribution in [2.75, 3.05) is 13.2 Å². The highest BCUT2D eigenvalue weighted by atomic mass is 16.5. The number of carboxylic acid groups (broad SMARTS) is 1. The maximum absolute atomic E-state index is 11.4. The van der Waals surface area contributed by atoms with Crippen molar-refractivity contribution in [1.29, 1.82) is 0 Å². The van der Waals surface area contributed by atoms with Gasteiger partial charge in [0.1, 0.15) is 0 Å². The van der Waals surface area contributed by atoms with Crippen LogP contribution in [0.3, 0.4) is 0 Å². The molecular formula is C10H20N2O4. The maximum atomic E-state index is 11.4. The van der Waals surface area contributed by atoms with E-state index in [4.69, 9.17) is 15.6 Å². The number of rotatable bonds is 8. The number of nitrogens with one attached hydrogen (secondary N) is 1. The van der Waals surface area contributed by atoms with Gasteiger partial charge in [0.05, 0.1) is 12.5 Å². The number of amides is 1. The van der Waals surface area contributed by atoms with Crippen LogP contribution in [-0.2, 0) is 14.3 Å². The molecule has 0 fully saturated rings. The Morgan fingerprint density at radius 1 is 1.50 bits per heavy atom. The van der Waals surface area contributed by atoms with Crippen LogP contribution in [0.15, 0.2) is 0 Å². The van der Waals surface area contributed by atoms with E-state index in [-0.39, 0.29) is 12.5 Å². The van der Waals surface area contributed by atoms with Crippen molar-refractivity contribution in [3.8, 4) is 0 Å². The van der Waals surface area contributed by atoms with E-state index in [2.05, 4.69) is 5.32 Å². The van der Waals surface area contributed by atoms with Crippen molar-refractivity contribution in [1.82, 2.24) is 5.32 Å². The zero-order valence-corrected chi connectivity index (χ0v) is 9.73. The second-order valence-corrected chi connectivity index (χ2v) is 3.60. The quantitative estimate of drug-likeness (QED) is 0.499. The van der Waals surface area contributed by atoms with E-state index in [1.54, 1.807) is 0 Å². The summed E-state index contributed by atoms with van der Waals surface area (Å²) in [5.41, 5.74) is 5.40. The molecule has 0 aliphatic carbocycles. The van der Waals surface area contributed by atoms with Gasteiger partial charge in [-0.3, -0.25) is 9.59 Å².